The largest absolute Gasteiger partial charge is 0.357 e. The van der Waals surface area contributed by atoms with Gasteiger partial charge in [0.05, 0.1) is 10.7 Å². The second kappa shape index (κ2) is 10.1. The molecular formula is C19H35N5S. The fourth-order valence-electron chi connectivity index (χ4n) is 3.21. The molecule has 0 amide bonds. The molecule has 0 spiro atoms. The summed E-state index contributed by atoms with van der Waals surface area (Å²) in [4.78, 5) is 13.3. The summed E-state index contributed by atoms with van der Waals surface area (Å²) in [6.07, 6.45) is 3.54. The zero-order valence-corrected chi connectivity index (χ0v) is 17.4. The number of piperidine rings is 1. The minimum Gasteiger partial charge on any atom is -0.357 e. The average Bonchev–Trinajstić information content (AvgIpc) is 2.91. The van der Waals surface area contributed by atoms with Crippen LogP contribution in [0.2, 0.25) is 0 Å². The van der Waals surface area contributed by atoms with Gasteiger partial charge < -0.3 is 15.5 Å². The number of rotatable bonds is 7. The quantitative estimate of drug-likeness (QED) is 0.576. The maximum absolute atomic E-state index is 4.84. The lowest BCUT2D eigenvalue weighted by molar-refractivity contribution is 0.143. The van der Waals surface area contributed by atoms with Gasteiger partial charge in [-0.1, -0.05) is 0 Å². The van der Waals surface area contributed by atoms with Crippen molar-refractivity contribution in [2.75, 3.05) is 32.7 Å². The summed E-state index contributed by atoms with van der Waals surface area (Å²) in [5.74, 6) is 1.62. The van der Waals surface area contributed by atoms with Crippen LogP contribution in [0, 0.1) is 19.8 Å². The number of thiazole rings is 1. The third kappa shape index (κ3) is 6.59. The number of aromatic nitrogens is 1. The smallest absolute Gasteiger partial charge is 0.191 e. The van der Waals surface area contributed by atoms with Crippen LogP contribution in [0.25, 0.3) is 0 Å². The molecule has 1 aromatic rings. The number of aliphatic imine (C=N–C) groups is 1. The predicted octanol–water partition coefficient (Wildman–Crippen LogP) is 2.98. The monoisotopic (exact) mass is 365 g/mol. The summed E-state index contributed by atoms with van der Waals surface area (Å²) in [5.41, 5.74) is 1.16. The molecular weight excluding hydrogens is 330 g/mol. The van der Waals surface area contributed by atoms with E-state index in [0.717, 1.165) is 37.7 Å². The van der Waals surface area contributed by atoms with Crippen molar-refractivity contribution >= 4 is 17.3 Å². The maximum atomic E-state index is 4.84. The molecule has 2 heterocycles. The van der Waals surface area contributed by atoms with Crippen molar-refractivity contribution in [3.63, 3.8) is 0 Å². The minimum atomic E-state index is 0.642. The van der Waals surface area contributed by atoms with Gasteiger partial charge in [-0.15, -0.1) is 11.3 Å². The topological polar surface area (TPSA) is 52.6 Å². The van der Waals surface area contributed by atoms with Gasteiger partial charge >= 0.3 is 0 Å². The zero-order chi connectivity index (χ0) is 18.2. The van der Waals surface area contributed by atoms with Crippen LogP contribution in [0.4, 0.5) is 0 Å². The van der Waals surface area contributed by atoms with E-state index in [0.29, 0.717) is 12.0 Å². The first-order chi connectivity index (χ1) is 12.0. The standard InChI is InChI=1S/C19H35N5S/c1-6-20-19(21-10-9-18-23-15(4)16(5)25-18)22-12-17-8-7-11-24(13-17)14(2)3/h14,17H,6-13H2,1-5H3,(H2,20,21,22). The predicted molar refractivity (Wildman–Crippen MR) is 109 cm³/mol. The van der Waals surface area contributed by atoms with Gasteiger partial charge in [0.25, 0.3) is 0 Å². The van der Waals surface area contributed by atoms with Crippen LogP contribution in [0.1, 0.15) is 49.2 Å². The zero-order valence-electron chi connectivity index (χ0n) is 16.6. The Morgan fingerprint density at radius 3 is 2.80 bits per heavy atom. The van der Waals surface area contributed by atoms with Crippen molar-refractivity contribution in [2.24, 2.45) is 10.9 Å². The maximum Gasteiger partial charge on any atom is 0.191 e. The van der Waals surface area contributed by atoms with Gasteiger partial charge in [0.15, 0.2) is 5.96 Å². The number of hydrogen-bond acceptors (Lipinski definition) is 4. The number of guanidine groups is 1. The second-order valence-corrected chi connectivity index (χ2v) is 8.53. The second-order valence-electron chi connectivity index (χ2n) is 7.24. The molecule has 1 saturated heterocycles. The van der Waals surface area contributed by atoms with Crippen LogP contribution in [0.5, 0.6) is 0 Å². The summed E-state index contributed by atoms with van der Waals surface area (Å²) < 4.78 is 0. The summed E-state index contributed by atoms with van der Waals surface area (Å²) >= 11 is 1.80. The SMILES string of the molecule is CCNC(=NCC1CCCN(C(C)C)C1)NCCc1nc(C)c(C)s1. The lowest BCUT2D eigenvalue weighted by Gasteiger charge is -2.34. The van der Waals surface area contributed by atoms with Crippen molar-refractivity contribution in [3.05, 3.63) is 15.6 Å². The molecule has 5 nitrogen and oxygen atoms in total. The Labute approximate surface area is 157 Å². The van der Waals surface area contributed by atoms with E-state index in [1.807, 2.05) is 0 Å². The molecule has 0 aromatic carbocycles. The van der Waals surface area contributed by atoms with E-state index in [4.69, 9.17) is 4.99 Å². The van der Waals surface area contributed by atoms with E-state index in [9.17, 15) is 0 Å². The van der Waals surface area contributed by atoms with Gasteiger partial charge in [-0.05, 0) is 59.9 Å². The first-order valence-electron chi connectivity index (χ1n) is 9.68. The molecule has 0 saturated carbocycles. The lowest BCUT2D eigenvalue weighted by atomic mass is 9.97. The van der Waals surface area contributed by atoms with Crippen LogP contribution in [-0.2, 0) is 6.42 Å². The van der Waals surface area contributed by atoms with Gasteiger partial charge in [-0.3, -0.25) is 4.99 Å². The molecule has 1 unspecified atom stereocenters. The van der Waals surface area contributed by atoms with E-state index in [1.54, 1.807) is 11.3 Å². The third-order valence-corrected chi connectivity index (χ3v) is 5.97. The molecule has 0 radical (unpaired) electrons. The molecule has 0 aliphatic carbocycles. The molecule has 1 aliphatic heterocycles. The van der Waals surface area contributed by atoms with E-state index in [1.165, 1.54) is 35.8 Å². The van der Waals surface area contributed by atoms with E-state index in [2.05, 4.69) is 55.1 Å². The van der Waals surface area contributed by atoms with Crippen LogP contribution in [-0.4, -0.2) is 54.6 Å². The van der Waals surface area contributed by atoms with Gasteiger partial charge in [0.1, 0.15) is 0 Å². The van der Waals surface area contributed by atoms with E-state index in [-0.39, 0.29) is 0 Å². The molecule has 2 N–H and O–H groups in total. The first kappa shape index (κ1) is 20.2. The number of likely N-dealkylation sites (tertiary alicyclic amines) is 1. The average molecular weight is 366 g/mol. The number of nitrogens with one attached hydrogen (secondary N) is 2. The molecule has 1 aliphatic rings. The van der Waals surface area contributed by atoms with Gasteiger partial charge in [0.2, 0.25) is 0 Å². The van der Waals surface area contributed by atoms with Gasteiger partial charge in [-0.25, -0.2) is 4.98 Å². The molecule has 1 atom stereocenters. The highest BCUT2D eigenvalue weighted by molar-refractivity contribution is 7.11. The number of nitrogens with zero attached hydrogens (tertiary/aromatic N) is 3. The third-order valence-electron chi connectivity index (χ3n) is 4.84. The van der Waals surface area contributed by atoms with Gasteiger partial charge in [-0.2, -0.15) is 0 Å². The van der Waals surface area contributed by atoms with Gasteiger partial charge in [0, 0.05) is 43.5 Å². The van der Waals surface area contributed by atoms with Crippen molar-refractivity contribution < 1.29 is 0 Å². The normalized spacial score (nSPS) is 19.4. The lowest BCUT2D eigenvalue weighted by Crippen LogP contribution is -2.42. The van der Waals surface area contributed by atoms with E-state index >= 15 is 0 Å². The Hall–Kier alpha value is -1.14. The van der Waals surface area contributed by atoms with Crippen molar-refractivity contribution in [3.8, 4) is 0 Å². The number of aryl methyl sites for hydroxylation is 2. The van der Waals surface area contributed by atoms with Crippen LogP contribution < -0.4 is 10.6 Å². The highest BCUT2D eigenvalue weighted by Gasteiger charge is 2.21. The van der Waals surface area contributed by atoms with E-state index < -0.39 is 0 Å². The van der Waals surface area contributed by atoms with Crippen molar-refractivity contribution in [1.29, 1.82) is 0 Å². The Balaban J connectivity index is 1.81. The Bertz CT molecular complexity index is 533. The minimum absolute atomic E-state index is 0.642. The molecule has 6 heteroatoms. The van der Waals surface area contributed by atoms with Crippen molar-refractivity contribution in [2.45, 2.75) is 59.9 Å². The first-order valence-corrected chi connectivity index (χ1v) is 10.5. The fourth-order valence-corrected chi connectivity index (χ4v) is 4.14. The Morgan fingerprint density at radius 1 is 1.36 bits per heavy atom. The van der Waals surface area contributed by atoms with Crippen LogP contribution in [0.3, 0.4) is 0 Å². The summed E-state index contributed by atoms with van der Waals surface area (Å²) in [6.45, 7) is 16.0. The molecule has 1 aromatic heterocycles. The summed E-state index contributed by atoms with van der Waals surface area (Å²) in [6, 6.07) is 0.642. The molecule has 1 fully saturated rings. The summed E-state index contributed by atoms with van der Waals surface area (Å²) in [7, 11) is 0. The molecule has 0 bridgehead atoms. The number of hydrogen-bond donors (Lipinski definition) is 2. The summed E-state index contributed by atoms with van der Waals surface area (Å²) in [5, 5.41) is 8.04. The molecule has 25 heavy (non-hydrogen) atoms. The van der Waals surface area contributed by atoms with Crippen molar-refractivity contribution in [1.82, 2.24) is 20.5 Å². The van der Waals surface area contributed by atoms with Crippen LogP contribution in [0.15, 0.2) is 4.99 Å². The fraction of sp³-hybridized carbons (Fsp3) is 0.789. The molecule has 2 rings (SSSR count). The van der Waals surface area contributed by atoms with Crippen LogP contribution >= 0.6 is 11.3 Å². The Morgan fingerprint density at radius 2 is 2.16 bits per heavy atom. The Kier molecular flexibility index (Phi) is 8.16. The highest BCUT2D eigenvalue weighted by Crippen LogP contribution is 2.19. The highest BCUT2D eigenvalue weighted by atomic mass is 32.1. The molecule has 142 valence electrons.